The first-order valence-corrected chi connectivity index (χ1v) is 9.19. The van der Waals surface area contributed by atoms with Crippen molar-refractivity contribution >= 4 is 23.4 Å². The molecule has 3 unspecified atom stereocenters. The standard InChI is InChI=1S/C19H28ClFN2O3/c1-4-13(2)9-10-22-18(24)8-5-14(3)23-19(25)12-26-15-6-7-16(20)17(21)11-15/h4,15-17H,1-3,5-12H2,(H,22,24)(H,23,25). The number of ether oxygens (including phenoxy) is 1. The first-order valence-electron chi connectivity index (χ1n) is 8.76. The lowest BCUT2D eigenvalue weighted by Crippen LogP contribution is -2.35. The number of alkyl halides is 2. The SMILES string of the molecule is C=CC(=C)CCNC(=O)CCC(=C)NC(=O)COC1CCC(Cl)C(F)C1. The Hall–Kier alpha value is -1.66. The van der Waals surface area contributed by atoms with Crippen molar-refractivity contribution in [3.05, 3.63) is 37.1 Å². The lowest BCUT2D eigenvalue weighted by molar-refractivity contribution is -0.128. The van der Waals surface area contributed by atoms with Crippen LogP contribution in [0.3, 0.4) is 0 Å². The molecule has 0 heterocycles. The molecule has 3 atom stereocenters. The van der Waals surface area contributed by atoms with E-state index in [1.165, 1.54) is 0 Å². The molecule has 1 aliphatic carbocycles. The molecule has 0 spiro atoms. The molecule has 0 aliphatic heterocycles. The number of carbonyl (C=O) groups is 2. The van der Waals surface area contributed by atoms with Gasteiger partial charge in [-0.1, -0.05) is 31.4 Å². The van der Waals surface area contributed by atoms with Gasteiger partial charge in [-0.2, -0.15) is 0 Å². The van der Waals surface area contributed by atoms with E-state index in [0.29, 0.717) is 37.9 Å². The second-order valence-corrected chi connectivity index (χ2v) is 6.95. The Labute approximate surface area is 159 Å². The molecule has 1 aliphatic rings. The van der Waals surface area contributed by atoms with Crippen LogP contribution >= 0.6 is 11.6 Å². The molecule has 1 saturated carbocycles. The maximum absolute atomic E-state index is 13.5. The molecule has 0 radical (unpaired) electrons. The summed E-state index contributed by atoms with van der Waals surface area (Å²) in [4.78, 5) is 23.5. The van der Waals surface area contributed by atoms with E-state index in [-0.39, 0.29) is 37.4 Å². The molecule has 5 nitrogen and oxygen atoms in total. The molecule has 7 heteroatoms. The number of rotatable bonds is 11. The Morgan fingerprint density at radius 1 is 1.19 bits per heavy atom. The van der Waals surface area contributed by atoms with Crippen LogP contribution in [-0.4, -0.2) is 42.6 Å². The average Bonchev–Trinajstić information content (AvgIpc) is 2.60. The van der Waals surface area contributed by atoms with Gasteiger partial charge in [-0.05, 0) is 25.7 Å². The Kier molecular flexibility index (Phi) is 10.2. The topological polar surface area (TPSA) is 67.4 Å². The lowest BCUT2D eigenvalue weighted by atomic mass is 9.95. The van der Waals surface area contributed by atoms with Gasteiger partial charge in [0, 0.05) is 25.1 Å². The first kappa shape index (κ1) is 22.4. The van der Waals surface area contributed by atoms with E-state index in [9.17, 15) is 14.0 Å². The summed E-state index contributed by atoms with van der Waals surface area (Å²) in [6.45, 7) is 11.4. The van der Waals surface area contributed by atoms with E-state index in [1.54, 1.807) is 6.08 Å². The maximum Gasteiger partial charge on any atom is 0.250 e. The predicted molar refractivity (Wildman–Crippen MR) is 102 cm³/mol. The molecular formula is C19H28ClFN2O3. The smallest absolute Gasteiger partial charge is 0.250 e. The van der Waals surface area contributed by atoms with Crippen LogP contribution < -0.4 is 10.6 Å². The minimum absolute atomic E-state index is 0.125. The fraction of sp³-hybridized carbons (Fsp3) is 0.579. The summed E-state index contributed by atoms with van der Waals surface area (Å²) in [6, 6.07) is 0. The molecule has 0 aromatic heterocycles. The highest BCUT2D eigenvalue weighted by Crippen LogP contribution is 2.27. The zero-order valence-electron chi connectivity index (χ0n) is 15.1. The van der Waals surface area contributed by atoms with Gasteiger partial charge < -0.3 is 15.4 Å². The number of hydrogen-bond acceptors (Lipinski definition) is 3. The molecular weight excluding hydrogens is 359 g/mol. The number of carbonyl (C=O) groups excluding carboxylic acids is 2. The minimum Gasteiger partial charge on any atom is -0.368 e. The number of allylic oxidation sites excluding steroid dienone is 2. The van der Waals surface area contributed by atoms with Gasteiger partial charge in [0.25, 0.3) is 0 Å². The molecule has 2 amide bonds. The van der Waals surface area contributed by atoms with Crippen molar-refractivity contribution in [1.82, 2.24) is 10.6 Å². The number of hydrogen-bond donors (Lipinski definition) is 2. The average molecular weight is 387 g/mol. The molecule has 0 saturated heterocycles. The van der Waals surface area contributed by atoms with Crippen LogP contribution in [-0.2, 0) is 14.3 Å². The van der Waals surface area contributed by atoms with Gasteiger partial charge >= 0.3 is 0 Å². The van der Waals surface area contributed by atoms with Gasteiger partial charge in [-0.25, -0.2) is 4.39 Å². The second kappa shape index (κ2) is 11.9. The van der Waals surface area contributed by atoms with Gasteiger partial charge in [0.05, 0.1) is 11.5 Å². The second-order valence-electron chi connectivity index (χ2n) is 6.39. The summed E-state index contributed by atoms with van der Waals surface area (Å²) < 4.78 is 18.9. The zero-order chi connectivity index (χ0) is 19.5. The fourth-order valence-electron chi connectivity index (χ4n) is 2.50. The number of nitrogens with one attached hydrogen (secondary N) is 2. The van der Waals surface area contributed by atoms with Crippen molar-refractivity contribution in [3.63, 3.8) is 0 Å². The van der Waals surface area contributed by atoms with Crippen LogP contribution in [0.25, 0.3) is 0 Å². The number of halogens is 2. The summed E-state index contributed by atoms with van der Waals surface area (Å²) in [6.07, 6.45) is 2.86. The fourth-order valence-corrected chi connectivity index (χ4v) is 2.73. The van der Waals surface area contributed by atoms with Crippen LogP contribution in [0.2, 0.25) is 0 Å². The largest absolute Gasteiger partial charge is 0.368 e. The Balaban J connectivity index is 2.14. The molecule has 0 aromatic rings. The van der Waals surface area contributed by atoms with Crippen molar-refractivity contribution in [2.45, 2.75) is 56.2 Å². The van der Waals surface area contributed by atoms with Crippen LogP contribution in [0.5, 0.6) is 0 Å². The Morgan fingerprint density at radius 2 is 1.92 bits per heavy atom. The van der Waals surface area contributed by atoms with Gasteiger partial charge in [0.1, 0.15) is 12.8 Å². The van der Waals surface area contributed by atoms with Crippen molar-refractivity contribution in [1.29, 1.82) is 0 Å². The van der Waals surface area contributed by atoms with Crippen molar-refractivity contribution in [2.24, 2.45) is 0 Å². The van der Waals surface area contributed by atoms with Gasteiger partial charge in [0.15, 0.2) is 0 Å². The summed E-state index contributed by atoms with van der Waals surface area (Å²) in [5.74, 6) is -0.485. The van der Waals surface area contributed by atoms with Crippen LogP contribution in [0.15, 0.2) is 37.1 Å². The highest BCUT2D eigenvalue weighted by atomic mass is 35.5. The summed E-state index contributed by atoms with van der Waals surface area (Å²) in [5, 5.41) is 4.88. The predicted octanol–water partition coefficient (Wildman–Crippen LogP) is 3.16. The molecule has 0 bridgehead atoms. The summed E-state index contributed by atoms with van der Waals surface area (Å²) in [5.41, 5.74) is 1.30. The van der Waals surface area contributed by atoms with Gasteiger partial charge in [-0.3, -0.25) is 9.59 Å². The summed E-state index contributed by atoms with van der Waals surface area (Å²) >= 11 is 5.82. The third-order valence-corrected chi connectivity index (χ3v) is 4.61. The molecule has 146 valence electrons. The zero-order valence-corrected chi connectivity index (χ0v) is 15.8. The molecule has 1 rings (SSSR count). The highest BCUT2D eigenvalue weighted by molar-refractivity contribution is 6.21. The monoisotopic (exact) mass is 386 g/mol. The number of amides is 2. The minimum atomic E-state index is -1.10. The van der Waals surface area contributed by atoms with E-state index in [4.69, 9.17) is 16.3 Å². The summed E-state index contributed by atoms with van der Waals surface area (Å²) in [7, 11) is 0. The van der Waals surface area contributed by atoms with E-state index in [1.807, 2.05) is 0 Å². The Bertz CT molecular complexity index is 539. The van der Waals surface area contributed by atoms with E-state index in [2.05, 4.69) is 30.4 Å². The van der Waals surface area contributed by atoms with Crippen molar-refractivity contribution < 1.29 is 18.7 Å². The normalized spacial score (nSPS) is 22.3. The first-order chi connectivity index (χ1) is 12.3. The molecule has 0 aromatic carbocycles. The van der Waals surface area contributed by atoms with Crippen LogP contribution in [0.1, 0.15) is 38.5 Å². The molecule has 2 N–H and O–H groups in total. The molecule has 26 heavy (non-hydrogen) atoms. The molecule has 1 fully saturated rings. The van der Waals surface area contributed by atoms with Crippen LogP contribution in [0, 0.1) is 0 Å². The van der Waals surface area contributed by atoms with Crippen LogP contribution in [0.4, 0.5) is 4.39 Å². The lowest BCUT2D eigenvalue weighted by Gasteiger charge is -2.28. The quantitative estimate of drug-likeness (QED) is 0.423. The van der Waals surface area contributed by atoms with Gasteiger partial charge in [0.2, 0.25) is 11.8 Å². The van der Waals surface area contributed by atoms with E-state index >= 15 is 0 Å². The van der Waals surface area contributed by atoms with Gasteiger partial charge in [-0.15, -0.1) is 11.6 Å². The maximum atomic E-state index is 13.5. The van der Waals surface area contributed by atoms with E-state index < -0.39 is 11.5 Å². The van der Waals surface area contributed by atoms with Crippen molar-refractivity contribution in [3.8, 4) is 0 Å². The third-order valence-electron chi connectivity index (χ3n) is 4.12. The third kappa shape index (κ3) is 9.15. The highest BCUT2D eigenvalue weighted by Gasteiger charge is 2.29. The van der Waals surface area contributed by atoms with Crippen molar-refractivity contribution in [2.75, 3.05) is 13.2 Å². The van der Waals surface area contributed by atoms with E-state index in [0.717, 1.165) is 5.57 Å². The Morgan fingerprint density at radius 3 is 2.58 bits per heavy atom.